The summed E-state index contributed by atoms with van der Waals surface area (Å²) in [6.45, 7) is 2.47. The van der Waals surface area contributed by atoms with Crippen LogP contribution in [-0.2, 0) is 11.3 Å². The topological polar surface area (TPSA) is 42.3 Å². The lowest BCUT2D eigenvalue weighted by molar-refractivity contribution is 0.177. The predicted octanol–water partition coefficient (Wildman–Crippen LogP) is 1.49. The summed E-state index contributed by atoms with van der Waals surface area (Å²) in [7, 11) is 5.87. The third-order valence-electron chi connectivity index (χ3n) is 3.77. The van der Waals surface area contributed by atoms with Crippen molar-refractivity contribution in [3.05, 3.63) is 16.9 Å². The molecule has 5 nitrogen and oxygen atoms in total. The molecular formula is C13H23ClN4OS. The Kier molecular flexibility index (Phi) is 6.17. The summed E-state index contributed by atoms with van der Waals surface area (Å²) in [6, 6.07) is 0.605. The SMILES string of the molecule is CNC(c1c(Cl)cnn1CCOC)C1CSCCN1C. The number of halogens is 1. The first-order valence-corrected chi connectivity index (χ1v) is 8.37. The molecule has 7 heteroatoms. The molecule has 1 N–H and O–H groups in total. The molecule has 1 aliphatic heterocycles. The van der Waals surface area contributed by atoms with Crippen molar-refractivity contribution in [2.45, 2.75) is 18.6 Å². The van der Waals surface area contributed by atoms with E-state index in [-0.39, 0.29) is 6.04 Å². The number of aromatic nitrogens is 2. The Hall–Kier alpha value is -0.270. The molecule has 0 bridgehead atoms. The summed E-state index contributed by atoms with van der Waals surface area (Å²) in [5.74, 6) is 2.30. The second-order valence-corrected chi connectivity index (χ2v) is 6.54. The Morgan fingerprint density at radius 1 is 1.65 bits per heavy atom. The Labute approximate surface area is 130 Å². The van der Waals surface area contributed by atoms with E-state index in [0.29, 0.717) is 12.6 Å². The first-order chi connectivity index (χ1) is 9.69. The van der Waals surface area contributed by atoms with E-state index in [1.165, 1.54) is 5.75 Å². The summed E-state index contributed by atoms with van der Waals surface area (Å²) in [6.07, 6.45) is 1.73. The Bertz CT molecular complexity index is 429. The van der Waals surface area contributed by atoms with E-state index in [0.717, 1.165) is 29.6 Å². The maximum Gasteiger partial charge on any atom is 0.0834 e. The van der Waals surface area contributed by atoms with Crippen molar-refractivity contribution >= 4 is 23.4 Å². The van der Waals surface area contributed by atoms with Crippen LogP contribution in [0.5, 0.6) is 0 Å². The maximum absolute atomic E-state index is 6.37. The van der Waals surface area contributed by atoms with Gasteiger partial charge in [-0.1, -0.05) is 11.6 Å². The van der Waals surface area contributed by atoms with Crippen LogP contribution in [0, 0.1) is 0 Å². The molecule has 1 aromatic heterocycles. The number of likely N-dealkylation sites (N-methyl/N-ethyl adjacent to an activating group) is 2. The van der Waals surface area contributed by atoms with E-state index in [2.05, 4.69) is 22.4 Å². The molecule has 0 radical (unpaired) electrons. The van der Waals surface area contributed by atoms with Gasteiger partial charge in [-0.25, -0.2) is 0 Å². The van der Waals surface area contributed by atoms with Gasteiger partial charge in [-0.15, -0.1) is 0 Å². The number of nitrogens with one attached hydrogen (secondary N) is 1. The van der Waals surface area contributed by atoms with Crippen molar-refractivity contribution in [2.24, 2.45) is 0 Å². The van der Waals surface area contributed by atoms with Crippen LogP contribution in [-0.4, -0.2) is 66.6 Å². The second kappa shape index (κ2) is 7.66. The molecule has 1 fully saturated rings. The van der Waals surface area contributed by atoms with Crippen LogP contribution >= 0.6 is 23.4 Å². The molecule has 2 unspecified atom stereocenters. The zero-order chi connectivity index (χ0) is 14.5. The van der Waals surface area contributed by atoms with Gasteiger partial charge in [0.15, 0.2) is 0 Å². The highest BCUT2D eigenvalue weighted by Crippen LogP contribution is 2.30. The van der Waals surface area contributed by atoms with E-state index in [4.69, 9.17) is 16.3 Å². The van der Waals surface area contributed by atoms with Crippen molar-refractivity contribution in [2.75, 3.05) is 45.9 Å². The van der Waals surface area contributed by atoms with Crippen molar-refractivity contribution in [3.63, 3.8) is 0 Å². The number of ether oxygens (including phenoxy) is 1. The number of nitrogens with zero attached hydrogens (tertiary/aromatic N) is 3. The molecule has 1 saturated heterocycles. The van der Waals surface area contributed by atoms with Crippen LogP contribution in [0.2, 0.25) is 5.02 Å². The van der Waals surface area contributed by atoms with Gasteiger partial charge < -0.3 is 10.1 Å². The van der Waals surface area contributed by atoms with Gasteiger partial charge in [0, 0.05) is 31.2 Å². The zero-order valence-corrected chi connectivity index (χ0v) is 13.9. The Morgan fingerprint density at radius 3 is 3.10 bits per heavy atom. The molecule has 1 aromatic rings. The quantitative estimate of drug-likeness (QED) is 0.861. The number of thioether (sulfide) groups is 1. The predicted molar refractivity (Wildman–Crippen MR) is 84.7 cm³/mol. The van der Waals surface area contributed by atoms with Crippen LogP contribution in [0.1, 0.15) is 11.7 Å². The molecule has 2 heterocycles. The smallest absolute Gasteiger partial charge is 0.0834 e. The molecule has 1 aliphatic rings. The molecule has 0 aliphatic carbocycles. The Balaban J connectivity index is 2.23. The average Bonchev–Trinajstić information content (AvgIpc) is 2.81. The highest BCUT2D eigenvalue weighted by Gasteiger charge is 2.31. The molecule has 0 spiro atoms. The van der Waals surface area contributed by atoms with Gasteiger partial charge in [-0.2, -0.15) is 16.9 Å². The summed E-state index contributed by atoms with van der Waals surface area (Å²) in [5, 5.41) is 8.53. The van der Waals surface area contributed by atoms with Gasteiger partial charge in [-0.3, -0.25) is 9.58 Å². The standard InChI is InChI=1S/C13H23ClN4OS/c1-15-12(11-9-20-7-5-17(11)2)13-10(14)8-16-18(13)4-6-19-3/h8,11-12,15H,4-7,9H2,1-3H3. The lowest BCUT2D eigenvalue weighted by Gasteiger charge is -2.37. The first-order valence-electron chi connectivity index (χ1n) is 6.84. The Morgan fingerprint density at radius 2 is 2.45 bits per heavy atom. The largest absolute Gasteiger partial charge is 0.383 e. The van der Waals surface area contributed by atoms with Crippen molar-refractivity contribution < 1.29 is 4.74 Å². The molecular weight excluding hydrogens is 296 g/mol. The summed E-state index contributed by atoms with van der Waals surface area (Å²) in [4.78, 5) is 2.40. The van der Waals surface area contributed by atoms with Crippen molar-refractivity contribution in [1.29, 1.82) is 0 Å². The normalized spacial score (nSPS) is 22.1. The molecule has 2 rings (SSSR count). The summed E-state index contributed by atoms with van der Waals surface area (Å²) >= 11 is 8.37. The van der Waals surface area contributed by atoms with Crippen LogP contribution in [0.4, 0.5) is 0 Å². The number of methoxy groups -OCH3 is 1. The monoisotopic (exact) mass is 318 g/mol. The lowest BCUT2D eigenvalue weighted by Crippen LogP contribution is -2.47. The fraction of sp³-hybridized carbons (Fsp3) is 0.769. The van der Waals surface area contributed by atoms with Crippen LogP contribution in [0.15, 0.2) is 6.20 Å². The number of hydrogen-bond acceptors (Lipinski definition) is 5. The van der Waals surface area contributed by atoms with Gasteiger partial charge >= 0.3 is 0 Å². The molecule has 20 heavy (non-hydrogen) atoms. The molecule has 114 valence electrons. The summed E-state index contributed by atoms with van der Waals surface area (Å²) < 4.78 is 7.11. The zero-order valence-electron chi connectivity index (χ0n) is 12.3. The van der Waals surface area contributed by atoms with E-state index in [9.17, 15) is 0 Å². The van der Waals surface area contributed by atoms with E-state index in [1.54, 1.807) is 13.3 Å². The van der Waals surface area contributed by atoms with E-state index >= 15 is 0 Å². The first kappa shape index (κ1) is 16.1. The summed E-state index contributed by atoms with van der Waals surface area (Å²) in [5.41, 5.74) is 1.06. The van der Waals surface area contributed by atoms with Gasteiger partial charge in [0.1, 0.15) is 0 Å². The molecule has 0 amide bonds. The lowest BCUT2D eigenvalue weighted by atomic mass is 10.0. The van der Waals surface area contributed by atoms with Crippen LogP contribution in [0.25, 0.3) is 0 Å². The maximum atomic E-state index is 6.37. The minimum absolute atomic E-state index is 0.180. The highest BCUT2D eigenvalue weighted by atomic mass is 35.5. The number of rotatable bonds is 6. The molecule has 2 atom stereocenters. The minimum Gasteiger partial charge on any atom is -0.383 e. The fourth-order valence-corrected chi connectivity index (χ4v) is 4.14. The average molecular weight is 319 g/mol. The fourth-order valence-electron chi connectivity index (χ4n) is 2.60. The van der Waals surface area contributed by atoms with Gasteiger partial charge in [0.2, 0.25) is 0 Å². The third-order valence-corrected chi connectivity index (χ3v) is 5.11. The molecule has 0 aromatic carbocycles. The second-order valence-electron chi connectivity index (χ2n) is 4.98. The van der Waals surface area contributed by atoms with Gasteiger partial charge in [0.25, 0.3) is 0 Å². The van der Waals surface area contributed by atoms with Crippen LogP contribution in [0.3, 0.4) is 0 Å². The van der Waals surface area contributed by atoms with Crippen molar-refractivity contribution in [3.8, 4) is 0 Å². The van der Waals surface area contributed by atoms with Gasteiger partial charge in [0.05, 0.1) is 36.1 Å². The van der Waals surface area contributed by atoms with Crippen LogP contribution < -0.4 is 5.32 Å². The van der Waals surface area contributed by atoms with E-state index < -0.39 is 0 Å². The van der Waals surface area contributed by atoms with Crippen molar-refractivity contribution in [1.82, 2.24) is 20.0 Å². The van der Waals surface area contributed by atoms with E-state index in [1.807, 2.05) is 23.5 Å². The third kappa shape index (κ3) is 3.49. The number of hydrogen-bond donors (Lipinski definition) is 1. The minimum atomic E-state index is 0.180. The van der Waals surface area contributed by atoms with Gasteiger partial charge in [-0.05, 0) is 14.1 Å². The highest BCUT2D eigenvalue weighted by molar-refractivity contribution is 7.99. The molecule has 0 saturated carbocycles.